The molecule has 0 aromatic heterocycles. The van der Waals surface area contributed by atoms with Crippen molar-refractivity contribution in [2.24, 2.45) is 5.92 Å². The van der Waals surface area contributed by atoms with E-state index in [1.54, 1.807) is 25.2 Å². The highest BCUT2D eigenvalue weighted by atomic mass is 35.5. The molecule has 0 spiro atoms. The van der Waals surface area contributed by atoms with E-state index < -0.39 is 10.0 Å². The standard InChI is InChI=1S/C20H31N3O3S.ClH/c1-15-14-21-12-11-19(15)22-20(24)16-7-6-10-18(13-16)27(25,26)23(2)17-8-4-3-5-9-17;/h6-7,10,13,15,17,19,21H,3-5,8-9,11-12,14H2,1-2H3,(H,22,24);1H. The van der Waals surface area contributed by atoms with Crippen molar-refractivity contribution in [3.05, 3.63) is 29.8 Å². The molecule has 1 aromatic carbocycles. The highest BCUT2D eigenvalue weighted by Crippen LogP contribution is 2.26. The third-order valence-corrected chi connectivity index (χ3v) is 7.87. The summed E-state index contributed by atoms with van der Waals surface area (Å²) in [5.41, 5.74) is 0.402. The Morgan fingerprint density at radius 2 is 1.89 bits per heavy atom. The highest BCUT2D eigenvalue weighted by molar-refractivity contribution is 7.89. The van der Waals surface area contributed by atoms with E-state index in [0.717, 1.165) is 45.2 Å². The maximum absolute atomic E-state index is 13.0. The minimum atomic E-state index is -3.60. The van der Waals surface area contributed by atoms with Gasteiger partial charge in [0.15, 0.2) is 0 Å². The smallest absolute Gasteiger partial charge is 0.251 e. The van der Waals surface area contributed by atoms with E-state index in [1.807, 2.05) is 0 Å². The quantitative estimate of drug-likeness (QED) is 0.754. The van der Waals surface area contributed by atoms with Crippen LogP contribution in [0.1, 0.15) is 55.8 Å². The lowest BCUT2D eigenvalue weighted by molar-refractivity contribution is 0.0914. The molecule has 1 aromatic rings. The van der Waals surface area contributed by atoms with Crippen molar-refractivity contribution in [3.63, 3.8) is 0 Å². The maximum Gasteiger partial charge on any atom is 0.251 e. The van der Waals surface area contributed by atoms with E-state index in [0.29, 0.717) is 11.5 Å². The van der Waals surface area contributed by atoms with Crippen LogP contribution in [0.25, 0.3) is 0 Å². The molecular formula is C20H32ClN3O3S. The van der Waals surface area contributed by atoms with Crippen LogP contribution in [-0.4, -0.2) is 50.9 Å². The lowest BCUT2D eigenvalue weighted by atomic mass is 9.95. The van der Waals surface area contributed by atoms with Crippen LogP contribution in [0.4, 0.5) is 0 Å². The summed E-state index contributed by atoms with van der Waals surface area (Å²) in [5, 5.41) is 6.38. The fourth-order valence-electron chi connectivity index (χ4n) is 4.09. The largest absolute Gasteiger partial charge is 0.349 e. The van der Waals surface area contributed by atoms with Crippen molar-refractivity contribution in [1.82, 2.24) is 14.9 Å². The van der Waals surface area contributed by atoms with Crippen LogP contribution in [0.15, 0.2) is 29.2 Å². The van der Waals surface area contributed by atoms with Gasteiger partial charge in [0.1, 0.15) is 0 Å². The van der Waals surface area contributed by atoms with Crippen LogP contribution < -0.4 is 10.6 Å². The molecule has 0 bridgehead atoms. The number of hydrogen-bond donors (Lipinski definition) is 2. The highest BCUT2D eigenvalue weighted by Gasteiger charge is 2.30. The van der Waals surface area contributed by atoms with E-state index in [9.17, 15) is 13.2 Å². The minimum Gasteiger partial charge on any atom is -0.349 e. The Morgan fingerprint density at radius 1 is 1.18 bits per heavy atom. The van der Waals surface area contributed by atoms with E-state index in [2.05, 4.69) is 17.6 Å². The summed E-state index contributed by atoms with van der Waals surface area (Å²) in [6.45, 7) is 3.87. The van der Waals surface area contributed by atoms with Crippen molar-refractivity contribution in [2.75, 3.05) is 20.1 Å². The first-order valence-corrected chi connectivity index (χ1v) is 11.4. The molecule has 1 saturated heterocycles. The van der Waals surface area contributed by atoms with Crippen LogP contribution in [-0.2, 0) is 10.0 Å². The zero-order valence-electron chi connectivity index (χ0n) is 16.7. The van der Waals surface area contributed by atoms with E-state index in [-0.39, 0.29) is 35.3 Å². The van der Waals surface area contributed by atoms with Gasteiger partial charge < -0.3 is 10.6 Å². The van der Waals surface area contributed by atoms with Gasteiger partial charge in [-0.2, -0.15) is 4.31 Å². The summed E-state index contributed by atoms with van der Waals surface area (Å²) in [6, 6.07) is 6.60. The first kappa shape index (κ1) is 23.1. The molecule has 1 heterocycles. The molecule has 1 aliphatic carbocycles. The predicted molar refractivity (Wildman–Crippen MR) is 113 cm³/mol. The molecule has 8 heteroatoms. The summed E-state index contributed by atoms with van der Waals surface area (Å²) in [7, 11) is -1.93. The van der Waals surface area contributed by atoms with Crippen LogP contribution in [0, 0.1) is 5.92 Å². The molecule has 1 amide bonds. The summed E-state index contributed by atoms with van der Waals surface area (Å²) in [5.74, 6) is 0.151. The average Bonchev–Trinajstić information content (AvgIpc) is 2.70. The van der Waals surface area contributed by atoms with Gasteiger partial charge in [0, 0.05) is 24.7 Å². The lowest BCUT2D eigenvalue weighted by Gasteiger charge is -2.31. The number of piperidine rings is 1. The van der Waals surface area contributed by atoms with E-state index in [4.69, 9.17) is 0 Å². The number of benzene rings is 1. The van der Waals surface area contributed by atoms with Gasteiger partial charge in [0.25, 0.3) is 5.91 Å². The van der Waals surface area contributed by atoms with Crippen LogP contribution in [0.5, 0.6) is 0 Å². The van der Waals surface area contributed by atoms with Crippen LogP contribution >= 0.6 is 12.4 Å². The fraction of sp³-hybridized carbons (Fsp3) is 0.650. The first-order valence-electron chi connectivity index (χ1n) is 9.99. The zero-order chi connectivity index (χ0) is 19.4. The minimum absolute atomic E-state index is 0. The number of nitrogens with one attached hydrogen (secondary N) is 2. The number of carbonyl (C=O) groups excluding carboxylic acids is 1. The van der Waals surface area contributed by atoms with Crippen molar-refractivity contribution in [1.29, 1.82) is 0 Å². The third-order valence-electron chi connectivity index (χ3n) is 5.96. The molecule has 2 fully saturated rings. The molecule has 2 atom stereocenters. The Bertz CT molecular complexity index is 766. The number of carbonyl (C=O) groups is 1. The van der Waals surface area contributed by atoms with Gasteiger partial charge in [0.05, 0.1) is 4.90 Å². The predicted octanol–water partition coefficient (Wildman–Crippen LogP) is 2.79. The molecule has 3 rings (SSSR count). The number of halogens is 1. The van der Waals surface area contributed by atoms with Gasteiger partial charge in [-0.05, 0) is 56.5 Å². The fourth-order valence-corrected chi connectivity index (χ4v) is 5.55. The van der Waals surface area contributed by atoms with Gasteiger partial charge in [-0.15, -0.1) is 12.4 Å². The number of nitrogens with zero attached hydrogens (tertiary/aromatic N) is 1. The Balaban J connectivity index is 0.00000280. The Labute approximate surface area is 174 Å². The molecule has 28 heavy (non-hydrogen) atoms. The van der Waals surface area contributed by atoms with Gasteiger partial charge in [-0.25, -0.2) is 8.42 Å². The topological polar surface area (TPSA) is 78.5 Å². The van der Waals surface area contributed by atoms with Crippen LogP contribution in [0.3, 0.4) is 0 Å². The molecule has 2 unspecified atom stereocenters. The number of sulfonamides is 1. The molecular weight excluding hydrogens is 398 g/mol. The Morgan fingerprint density at radius 3 is 2.57 bits per heavy atom. The summed E-state index contributed by atoms with van der Waals surface area (Å²) in [6.07, 6.45) is 6.01. The third kappa shape index (κ3) is 5.26. The molecule has 2 N–H and O–H groups in total. The Kier molecular flexibility index (Phi) is 8.30. The van der Waals surface area contributed by atoms with E-state index in [1.165, 1.54) is 16.8 Å². The van der Waals surface area contributed by atoms with Crippen molar-refractivity contribution >= 4 is 28.3 Å². The Hall–Kier alpha value is -1.15. The second kappa shape index (κ2) is 10.1. The summed E-state index contributed by atoms with van der Waals surface area (Å²) in [4.78, 5) is 12.9. The zero-order valence-corrected chi connectivity index (χ0v) is 18.3. The van der Waals surface area contributed by atoms with Crippen molar-refractivity contribution < 1.29 is 13.2 Å². The second-order valence-corrected chi connectivity index (χ2v) is 9.89. The summed E-state index contributed by atoms with van der Waals surface area (Å²) < 4.78 is 27.6. The molecule has 1 saturated carbocycles. The number of amides is 1. The van der Waals surface area contributed by atoms with Gasteiger partial charge in [-0.1, -0.05) is 32.3 Å². The van der Waals surface area contributed by atoms with Crippen LogP contribution in [0.2, 0.25) is 0 Å². The molecule has 2 aliphatic rings. The molecule has 158 valence electrons. The second-order valence-electron chi connectivity index (χ2n) is 7.89. The van der Waals surface area contributed by atoms with Crippen molar-refractivity contribution in [2.45, 2.75) is 62.4 Å². The normalized spacial score (nSPS) is 23.8. The number of hydrogen-bond acceptors (Lipinski definition) is 4. The first-order chi connectivity index (χ1) is 12.9. The molecule has 6 nitrogen and oxygen atoms in total. The molecule has 0 radical (unpaired) electrons. The lowest BCUT2D eigenvalue weighted by Crippen LogP contribution is -2.48. The van der Waals surface area contributed by atoms with E-state index >= 15 is 0 Å². The van der Waals surface area contributed by atoms with Crippen molar-refractivity contribution in [3.8, 4) is 0 Å². The monoisotopic (exact) mass is 429 g/mol. The van der Waals surface area contributed by atoms with Gasteiger partial charge in [0.2, 0.25) is 10.0 Å². The summed E-state index contributed by atoms with van der Waals surface area (Å²) >= 11 is 0. The number of rotatable bonds is 5. The maximum atomic E-state index is 13.0. The van der Waals surface area contributed by atoms with Gasteiger partial charge in [-0.3, -0.25) is 4.79 Å². The molecule has 1 aliphatic heterocycles. The SMILES string of the molecule is CC1CNCCC1NC(=O)c1cccc(S(=O)(=O)N(C)C2CCCCC2)c1.Cl. The van der Waals surface area contributed by atoms with Gasteiger partial charge >= 0.3 is 0 Å². The average molecular weight is 430 g/mol.